The SMILES string of the molecule is CC(C)(C)C1CC(Oc2ccc(CCCCOC3CN(C(C)(C)C)C3)nc2)C1. The van der Waals surface area contributed by atoms with Gasteiger partial charge in [0, 0.05) is 30.9 Å². The lowest BCUT2D eigenvalue weighted by atomic mass is 9.67. The second-order valence-electron chi connectivity index (χ2n) is 10.8. The lowest BCUT2D eigenvalue weighted by molar-refractivity contribution is -0.0891. The van der Waals surface area contributed by atoms with Crippen molar-refractivity contribution in [3.8, 4) is 5.75 Å². The molecule has 0 bridgehead atoms. The number of aryl methyl sites for hydroxylation is 1. The Morgan fingerprint density at radius 2 is 1.71 bits per heavy atom. The van der Waals surface area contributed by atoms with Crippen LogP contribution >= 0.6 is 0 Å². The Balaban J connectivity index is 1.25. The summed E-state index contributed by atoms with van der Waals surface area (Å²) in [5.74, 6) is 1.70. The summed E-state index contributed by atoms with van der Waals surface area (Å²) in [4.78, 5) is 7.05. The molecule has 158 valence electrons. The van der Waals surface area contributed by atoms with Gasteiger partial charge in [0.15, 0.2) is 0 Å². The van der Waals surface area contributed by atoms with Crippen LogP contribution in [0.3, 0.4) is 0 Å². The molecule has 1 aliphatic heterocycles. The summed E-state index contributed by atoms with van der Waals surface area (Å²) in [5.41, 5.74) is 1.82. The second-order valence-corrected chi connectivity index (χ2v) is 10.8. The fraction of sp³-hybridized carbons (Fsp3) is 0.792. The Kier molecular flexibility index (Phi) is 6.71. The van der Waals surface area contributed by atoms with Crippen LogP contribution in [0.1, 0.15) is 72.9 Å². The van der Waals surface area contributed by atoms with E-state index in [1.807, 2.05) is 6.20 Å². The number of rotatable bonds is 8. The smallest absolute Gasteiger partial charge is 0.138 e. The minimum Gasteiger partial charge on any atom is -0.489 e. The molecule has 4 heteroatoms. The molecule has 0 atom stereocenters. The zero-order valence-electron chi connectivity index (χ0n) is 18.8. The fourth-order valence-electron chi connectivity index (χ4n) is 3.94. The van der Waals surface area contributed by atoms with Crippen molar-refractivity contribution in [2.24, 2.45) is 11.3 Å². The zero-order chi connectivity index (χ0) is 20.4. The van der Waals surface area contributed by atoms with E-state index in [1.54, 1.807) is 0 Å². The van der Waals surface area contributed by atoms with Crippen molar-refractivity contribution >= 4 is 0 Å². The molecule has 4 nitrogen and oxygen atoms in total. The van der Waals surface area contributed by atoms with Crippen LogP contribution < -0.4 is 4.74 Å². The zero-order valence-corrected chi connectivity index (χ0v) is 18.8. The van der Waals surface area contributed by atoms with E-state index in [2.05, 4.69) is 63.6 Å². The molecule has 0 unspecified atom stereocenters. The predicted octanol–water partition coefficient (Wildman–Crippen LogP) is 5.11. The third kappa shape index (κ3) is 5.93. The van der Waals surface area contributed by atoms with Gasteiger partial charge in [-0.1, -0.05) is 20.8 Å². The third-order valence-corrected chi connectivity index (χ3v) is 6.40. The van der Waals surface area contributed by atoms with E-state index in [-0.39, 0.29) is 5.54 Å². The van der Waals surface area contributed by atoms with E-state index >= 15 is 0 Å². The quantitative estimate of drug-likeness (QED) is 0.580. The molecule has 1 saturated heterocycles. The van der Waals surface area contributed by atoms with E-state index in [1.165, 1.54) is 12.8 Å². The topological polar surface area (TPSA) is 34.6 Å². The minimum absolute atomic E-state index is 0.272. The van der Waals surface area contributed by atoms with Crippen molar-refractivity contribution in [3.05, 3.63) is 24.0 Å². The number of hydrogen-bond donors (Lipinski definition) is 0. The highest BCUT2D eigenvalue weighted by atomic mass is 16.5. The first-order valence-corrected chi connectivity index (χ1v) is 11.1. The maximum atomic E-state index is 6.06. The van der Waals surface area contributed by atoms with Crippen molar-refractivity contribution in [1.82, 2.24) is 9.88 Å². The molecule has 28 heavy (non-hydrogen) atoms. The molecule has 0 spiro atoms. The number of unbranched alkanes of at least 4 members (excludes halogenated alkanes) is 1. The molecule has 3 rings (SSSR count). The minimum atomic E-state index is 0.272. The van der Waals surface area contributed by atoms with Crippen molar-refractivity contribution in [2.75, 3.05) is 19.7 Å². The summed E-state index contributed by atoms with van der Waals surface area (Å²) >= 11 is 0. The Labute approximate surface area is 172 Å². The van der Waals surface area contributed by atoms with Crippen LogP contribution in [-0.4, -0.2) is 47.3 Å². The number of aromatic nitrogens is 1. The Bertz CT molecular complexity index is 603. The molecule has 2 heterocycles. The molecule has 1 saturated carbocycles. The Morgan fingerprint density at radius 1 is 1.00 bits per heavy atom. The summed E-state index contributed by atoms with van der Waals surface area (Å²) in [6, 6.07) is 4.20. The van der Waals surface area contributed by atoms with Gasteiger partial charge in [-0.2, -0.15) is 0 Å². The first-order chi connectivity index (χ1) is 13.1. The van der Waals surface area contributed by atoms with Gasteiger partial charge in [-0.3, -0.25) is 9.88 Å². The van der Waals surface area contributed by atoms with Gasteiger partial charge in [0.05, 0.1) is 18.4 Å². The summed E-state index contributed by atoms with van der Waals surface area (Å²) < 4.78 is 12.0. The molecule has 1 aromatic heterocycles. The lowest BCUT2D eigenvalue weighted by Crippen LogP contribution is -2.59. The van der Waals surface area contributed by atoms with Gasteiger partial charge in [-0.25, -0.2) is 0 Å². The van der Waals surface area contributed by atoms with Gasteiger partial charge >= 0.3 is 0 Å². The number of hydrogen-bond acceptors (Lipinski definition) is 4. The van der Waals surface area contributed by atoms with Gasteiger partial charge in [0.25, 0.3) is 0 Å². The summed E-state index contributed by atoms with van der Waals surface area (Å²) in [6.45, 7) is 16.8. The molecule has 1 aliphatic carbocycles. The van der Waals surface area contributed by atoms with Crippen LogP contribution in [0.2, 0.25) is 0 Å². The molecule has 2 fully saturated rings. The summed E-state index contributed by atoms with van der Waals surface area (Å²) in [5, 5.41) is 0. The van der Waals surface area contributed by atoms with E-state index in [0.29, 0.717) is 17.6 Å². The molecule has 0 radical (unpaired) electrons. The van der Waals surface area contributed by atoms with Crippen molar-refractivity contribution in [1.29, 1.82) is 0 Å². The van der Waals surface area contributed by atoms with E-state index in [0.717, 1.165) is 56.3 Å². The predicted molar refractivity (Wildman–Crippen MR) is 115 cm³/mol. The highest BCUT2D eigenvalue weighted by molar-refractivity contribution is 5.20. The van der Waals surface area contributed by atoms with Crippen molar-refractivity contribution in [2.45, 2.75) is 91.4 Å². The van der Waals surface area contributed by atoms with Crippen LogP contribution in [-0.2, 0) is 11.2 Å². The molecule has 0 aromatic carbocycles. The lowest BCUT2D eigenvalue weighted by Gasteiger charge is -2.47. The Hall–Kier alpha value is -1.13. The molecule has 0 amide bonds. The van der Waals surface area contributed by atoms with Gasteiger partial charge in [0.2, 0.25) is 0 Å². The number of ether oxygens (including phenoxy) is 2. The molecule has 2 aliphatic rings. The maximum Gasteiger partial charge on any atom is 0.138 e. The molecule has 1 aromatic rings. The average molecular weight is 389 g/mol. The first-order valence-electron chi connectivity index (χ1n) is 11.1. The second kappa shape index (κ2) is 8.71. The van der Waals surface area contributed by atoms with E-state index < -0.39 is 0 Å². The summed E-state index contributed by atoms with van der Waals surface area (Å²) in [7, 11) is 0. The van der Waals surface area contributed by atoms with Crippen LogP contribution in [0, 0.1) is 11.3 Å². The number of nitrogens with zero attached hydrogens (tertiary/aromatic N) is 2. The van der Waals surface area contributed by atoms with Gasteiger partial charge in [0.1, 0.15) is 5.75 Å². The summed E-state index contributed by atoms with van der Waals surface area (Å²) in [6.07, 6.45) is 8.26. The van der Waals surface area contributed by atoms with Crippen LogP contribution in [0.15, 0.2) is 18.3 Å². The molecular formula is C24H40N2O2. The molecular weight excluding hydrogens is 348 g/mol. The van der Waals surface area contributed by atoms with Crippen LogP contribution in [0.25, 0.3) is 0 Å². The Morgan fingerprint density at radius 3 is 2.29 bits per heavy atom. The monoisotopic (exact) mass is 388 g/mol. The van der Waals surface area contributed by atoms with Crippen molar-refractivity contribution < 1.29 is 9.47 Å². The van der Waals surface area contributed by atoms with E-state index in [9.17, 15) is 0 Å². The third-order valence-electron chi connectivity index (χ3n) is 6.40. The fourth-order valence-corrected chi connectivity index (χ4v) is 3.94. The van der Waals surface area contributed by atoms with Gasteiger partial charge < -0.3 is 9.47 Å². The van der Waals surface area contributed by atoms with Crippen LogP contribution in [0.5, 0.6) is 5.75 Å². The highest BCUT2D eigenvalue weighted by Crippen LogP contribution is 2.42. The van der Waals surface area contributed by atoms with Gasteiger partial charge in [-0.15, -0.1) is 0 Å². The van der Waals surface area contributed by atoms with Gasteiger partial charge in [-0.05, 0) is 76.3 Å². The highest BCUT2D eigenvalue weighted by Gasteiger charge is 2.38. The largest absolute Gasteiger partial charge is 0.489 e. The van der Waals surface area contributed by atoms with Crippen LogP contribution in [0.4, 0.5) is 0 Å². The first kappa shape index (κ1) is 21.6. The standard InChI is InChI=1S/C24H40N2O2/c1-23(2,3)18-13-21(14-18)28-20-11-10-19(25-15-20)9-7-8-12-27-22-16-26(17-22)24(4,5)6/h10-11,15,18,21-22H,7-9,12-14,16-17H2,1-6H3. The average Bonchev–Trinajstić information content (AvgIpc) is 2.50. The van der Waals surface area contributed by atoms with E-state index in [4.69, 9.17) is 9.47 Å². The maximum absolute atomic E-state index is 6.06. The number of pyridine rings is 1. The molecule has 0 N–H and O–H groups in total. The normalized spacial score (nSPS) is 23.9. The number of likely N-dealkylation sites (tertiary alicyclic amines) is 1. The van der Waals surface area contributed by atoms with Crippen molar-refractivity contribution in [3.63, 3.8) is 0 Å².